The van der Waals surface area contributed by atoms with Crippen LogP contribution >= 0.6 is 0 Å². The van der Waals surface area contributed by atoms with Gasteiger partial charge in [-0.05, 0) is 12.5 Å². The Hall–Kier alpha value is -0.890. The molecule has 1 aliphatic heterocycles. The monoisotopic (exact) mass is 150 g/mol. The van der Waals surface area contributed by atoms with Gasteiger partial charge in [-0.2, -0.15) is 0 Å². The number of carbonyl (C=O) groups excluding carboxylic acids is 1. The topological polar surface area (TPSA) is 29.6 Å². The van der Waals surface area contributed by atoms with Crippen molar-refractivity contribution in [1.29, 1.82) is 0 Å². The second-order valence-electron chi connectivity index (χ2n) is 2.94. The Morgan fingerprint density at radius 1 is 1.55 bits per heavy atom. The molecule has 1 saturated heterocycles. The van der Waals surface area contributed by atoms with Gasteiger partial charge in [-0.25, -0.2) is 0 Å². The standard InChI is InChI=1S/C9H10O2/c10-9-4-2-1-3-7(9)5-8-6-11-8/h1-4,7-8H,5-6H2. The van der Waals surface area contributed by atoms with E-state index in [1.807, 2.05) is 12.2 Å². The Morgan fingerprint density at radius 2 is 2.36 bits per heavy atom. The molecule has 1 aliphatic carbocycles. The highest BCUT2D eigenvalue weighted by Gasteiger charge is 2.28. The summed E-state index contributed by atoms with van der Waals surface area (Å²) < 4.78 is 5.05. The maximum absolute atomic E-state index is 11.2. The van der Waals surface area contributed by atoms with E-state index in [1.54, 1.807) is 12.2 Å². The van der Waals surface area contributed by atoms with Crippen LogP contribution in [0.4, 0.5) is 0 Å². The van der Waals surface area contributed by atoms with Gasteiger partial charge < -0.3 is 4.74 Å². The largest absolute Gasteiger partial charge is 0.373 e. The lowest BCUT2D eigenvalue weighted by atomic mass is 9.95. The van der Waals surface area contributed by atoms with Crippen molar-refractivity contribution >= 4 is 5.78 Å². The van der Waals surface area contributed by atoms with Crippen LogP contribution in [0.25, 0.3) is 0 Å². The van der Waals surface area contributed by atoms with Crippen LogP contribution in [0.15, 0.2) is 24.3 Å². The highest BCUT2D eigenvalue weighted by molar-refractivity contribution is 5.94. The first-order chi connectivity index (χ1) is 5.36. The summed E-state index contributed by atoms with van der Waals surface area (Å²) in [7, 11) is 0. The van der Waals surface area contributed by atoms with E-state index in [4.69, 9.17) is 4.74 Å². The van der Waals surface area contributed by atoms with E-state index in [-0.39, 0.29) is 11.7 Å². The zero-order valence-corrected chi connectivity index (χ0v) is 6.19. The molecule has 11 heavy (non-hydrogen) atoms. The quantitative estimate of drug-likeness (QED) is 0.551. The molecule has 0 aromatic rings. The fourth-order valence-electron chi connectivity index (χ4n) is 1.25. The highest BCUT2D eigenvalue weighted by atomic mass is 16.6. The average Bonchev–Trinajstić information content (AvgIpc) is 2.78. The zero-order valence-electron chi connectivity index (χ0n) is 6.19. The molecule has 0 aromatic carbocycles. The average molecular weight is 150 g/mol. The summed E-state index contributed by atoms with van der Waals surface area (Å²) in [6.45, 7) is 0.835. The summed E-state index contributed by atoms with van der Waals surface area (Å²) >= 11 is 0. The maximum atomic E-state index is 11.2. The van der Waals surface area contributed by atoms with Gasteiger partial charge in [-0.3, -0.25) is 4.79 Å². The van der Waals surface area contributed by atoms with Crippen LogP contribution in [0.1, 0.15) is 6.42 Å². The molecule has 0 saturated carbocycles. The van der Waals surface area contributed by atoms with Crippen LogP contribution < -0.4 is 0 Å². The van der Waals surface area contributed by atoms with Gasteiger partial charge in [0.1, 0.15) is 0 Å². The molecule has 2 rings (SSSR count). The molecular weight excluding hydrogens is 140 g/mol. The summed E-state index contributed by atoms with van der Waals surface area (Å²) in [4.78, 5) is 11.2. The molecule has 1 heterocycles. The Bertz CT molecular complexity index is 224. The van der Waals surface area contributed by atoms with Crippen LogP contribution in [0.2, 0.25) is 0 Å². The van der Waals surface area contributed by atoms with Crippen LogP contribution in [0.5, 0.6) is 0 Å². The third-order valence-electron chi connectivity index (χ3n) is 2.00. The van der Waals surface area contributed by atoms with Gasteiger partial charge in [0.25, 0.3) is 0 Å². The Labute approximate surface area is 65.5 Å². The second kappa shape index (κ2) is 2.62. The van der Waals surface area contributed by atoms with Gasteiger partial charge in [0.05, 0.1) is 12.7 Å². The Morgan fingerprint density at radius 3 is 3.00 bits per heavy atom. The minimum Gasteiger partial charge on any atom is -0.373 e. The molecule has 58 valence electrons. The molecule has 0 bridgehead atoms. The number of hydrogen-bond donors (Lipinski definition) is 0. The summed E-state index contributed by atoms with van der Waals surface area (Å²) in [5, 5.41) is 0. The Balaban J connectivity index is 1.95. The lowest BCUT2D eigenvalue weighted by molar-refractivity contribution is -0.117. The molecule has 0 spiro atoms. The smallest absolute Gasteiger partial charge is 0.162 e. The molecular formula is C9H10O2. The fraction of sp³-hybridized carbons (Fsp3) is 0.444. The van der Waals surface area contributed by atoms with Gasteiger partial charge in [-0.1, -0.05) is 18.2 Å². The number of rotatable bonds is 2. The normalized spacial score (nSPS) is 34.4. The van der Waals surface area contributed by atoms with E-state index in [2.05, 4.69) is 0 Å². The van der Waals surface area contributed by atoms with Crippen LogP contribution in [0.3, 0.4) is 0 Å². The zero-order chi connectivity index (χ0) is 7.68. The van der Waals surface area contributed by atoms with Crippen LogP contribution in [-0.4, -0.2) is 18.5 Å². The van der Waals surface area contributed by atoms with Crippen molar-refractivity contribution in [2.75, 3.05) is 6.61 Å². The molecule has 0 amide bonds. The molecule has 1 fully saturated rings. The van der Waals surface area contributed by atoms with Gasteiger partial charge in [0, 0.05) is 5.92 Å². The van der Waals surface area contributed by atoms with Crippen molar-refractivity contribution in [3.8, 4) is 0 Å². The van der Waals surface area contributed by atoms with E-state index in [1.165, 1.54) is 0 Å². The van der Waals surface area contributed by atoms with E-state index < -0.39 is 0 Å². The van der Waals surface area contributed by atoms with Gasteiger partial charge in [-0.15, -0.1) is 0 Å². The third-order valence-corrected chi connectivity index (χ3v) is 2.00. The van der Waals surface area contributed by atoms with Crippen molar-refractivity contribution in [2.45, 2.75) is 12.5 Å². The summed E-state index contributed by atoms with van der Waals surface area (Å²) in [6, 6.07) is 0. The van der Waals surface area contributed by atoms with Crippen LogP contribution in [0, 0.1) is 5.92 Å². The predicted octanol–water partition coefficient (Wildman–Crippen LogP) is 1.09. The van der Waals surface area contributed by atoms with E-state index in [0.29, 0.717) is 6.10 Å². The second-order valence-corrected chi connectivity index (χ2v) is 2.94. The highest BCUT2D eigenvalue weighted by Crippen LogP contribution is 2.22. The predicted molar refractivity (Wildman–Crippen MR) is 41.1 cm³/mol. The number of ketones is 1. The van der Waals surface area contributed by atoms with Gasteiger partial charge >= 0.3 is 0 Å². The summed E-state index contributed by atoms with van der Waals surface area (Å²) in [6.07, 6.45) is 8.50. The molecule has 2 nitrogen and oxygen atoms in total. The molecule has 2 aliphatic rings. The lowest BCUT2D eigenvalue weighted by Gasteiger charge is -2.08. The van der Waals surface area contributed by atoms with Gasteiger partial charge in [0.2, 0.25) is 0 Å². The number of epoxide rings is 1. The summed E-state index contributed by atoms with van der Waals surface area (Å²) in [5.74, 6) is 0.288. The SMILES string of the molecule is O=C1C=CC=CC1CC1CO1. The molecule has 2 atom stereocenters. The van der Waals surface area contributed by atoms with E-state index in [0.717, 1.165) is 13.0 Å². The number of hydrogen-bond acceptors (Lipinski definition) is 2. The minimum absolute atomic E-state index is 0.0764. The van der Waals surface area contributed by atoms with Crippen molar-refractivity contribution in [1.82, 2.24) is 0 Å². The van der Waals surface area contributed by atoms with Gasteiger partial charge in [0.15, 0.2) is 5.78 Å². The van der Waals surface area contributed by atoms with E-state index in [9.17, 15) is 4.79 Å². The first kappa shape index (κ1) is 6.80. The minimum atomic E-state index is 0.0764. The van der Waals surface area contributed by atoms with Crippen molar-refractivity contribution < 1.29 is 9.53 Å². The van der Waals surface area contributed by atoms with E-state index >= 15 is 0 Å². The molecule has 0 aromatic heterocycles. The summed E-state index contributed by atoms with van der Waals surface area (Å²) in [5.41, 5.74) is 0. The maximum Gasteiger partial charge on any atom is 0.162 e. The number of carbonyl (C=O) groups is 1. The third kappa shape index (κ3) is 1.57. The van der Waals surface area contributed by atoms with Crippen molar-refractivity contribution in [3.63, 3.8) is 0 Å². The first-order valence-corrected chi connectivity index (χ1v) is 3.86. The fourth-order valence-corrected chi connectivity index (χ4v) is 1.25. The number of ether oxygens (including phenoxy) is 1. The molecule has 0 N–H and O–H groups in total. The lowest BCUT2D eigenvalue weighted by Crippen LogP contribution is -2.13. The van der Waals surface area contributed by atoms with Crippen LogP contribution in [-0.2, 0) is 9.53 Å². The van der Waals surface area contributed by atoms with Crippen molar-refractivity contribution in [3.05, 3.63) is 24.3 Å². The molecule has 2 unspecified atom stereocenters. The molecule has 0 radical (unpaired) electrons. The number of allylic oxidation sites excluding steroid dienone is 4. The Kier molecular flexibility index (Phi) is 1.62. The molecule has 2 heteroatoms. The van der Waals surface area contributed by atoms with Crippen molar-refractivity contribution in [2.24, 2.45) is 5.92 Å². The first-order valence-electron chi connectivity index (χ1n) is 3.86.